The van der Waals surface area contributed by atoms with E-state index >= 15 is 0 Å². The minimum atomic E-state index is -0.539. The standard InChI is InChI=1S/C21H22FN3O5/c22-16-5-1-14(2-6-16)19-13-17(10-12-30-19)24-20(26)9-11-23-21(27)15-3-7-18(8-4-15)25(28)29/h1-8,17,19H,9-13H2,(H,23,27)(H,24,26)/t17-,19+/m1/s1. The zero-order valence-electron chi connectivity index (χ0n) is 16.2. The third kappa shape index (κ3) is 5.84. The fourth-order valence-electron chi connectivity index (χ4n) is 3.26. The van der Waals surface area contributed by atoms with E-state index in [9.17, 15) is 24.1 Å². The molecule has 1 fully saturated rings. The summed E-state index contributed by atoms with van der Waals surface area (Å²) in [6.07, 6.45) is 1.18. The molecule has 158 valence electrons. The van der Waals surface area contributed by atoms with Gasteiger partial charge in [0.2, 0.25) is 5.91 Å². The van der Waals surface area contributed by atoms with Gasteiger partial charge in [-0.15, -0.1) is 0 Å². The maximum atomic E-state index is 13.1. The Bertz CT molecular complexity index is 902. The van der Waals surface area contributed by atoms with Gasteiger partial charge in [0, 0.05) is 43.3 Å². The first-order valence-corrected chi connectivity index (χ1v) is 9.61. The fraction of sp³-hybridized carbons (Fsp3) is 0.333. The van der Waals surface area contributed by atoms with E-state index < -0.39 is 10.8 Å². The van der Waals surface area contributed by atoms with Gasteiger partial charge in [0.05, 0.1) is 11.0 Å². The molecular formula is C21H22FN3O5. The van der Waals surface area contributed by atoms with Crippen LogP contribution in [-0.2, 0) is 9.53 Å². The van der Waals surface area contributed by atoms with Crippen molar-refractivity contribution in [2.24, 2.45) is 0 Å². The fourth-order valence-corrected chi connectivity index (χ4v) is 3.26. The number of carbonyl (C=O) groups is 2. The molecule has 1 aliphatic rings. The Labute approximate surface area is 172 Å². The maximum absolute atomic E-state index is 13.1. The summed E-state index contributed by atoms with van der Waals surface area (Å²) in [7, 11) is 0. The smallest absolute Gasteiger partial charge is 0.269 e. The summed E-state index contributed by atoms with van der Waals surface area (Å²) in [6, 6.07) is 11.3. The second-order valence-corrected chi connectivity index (χ2v) is 7.01. The van der Waals surface area contributed by atoms with E-state index in [1.807, 2.05) is 0 Å². The van der Waals surface area contributed by atoms with Gasteiger partial charge < -0.3 is 15.4 Å². The van der Waals surface area contributed by atoms with Crippen LogP contribution in [0.5, 0.6) is 0 Å². The number of amides is 2. The first-order valence-electron chi connectivity index (χ1n) is 9.61. The quantitative estimate of drug-likeness (QED) is 0.534. The van der Waals surface area contributed by atoms with Gasteiger partial charge in [0.15, 0.2) is 0 Å². The zero-order valence-corrected chi connectivity index (χ0v) is 16.2. The van der Waals surface area contributed by atoms with E-state index in [1.54, 1.807) is 12.1 Å². The second kappa shape index (κ2) is 9.93. The summed E-state index contributed by atoms with van der Waals surface area (Å²) in [5.41, 5.74) is 1.06. The molecule has 0 aliphatic carbocycles. The molecule has 0 spiro atoms. The molecule has 1 saturated heterocycles. The van der Waals surface area contributed by atoms with Crippen LogP contribution in [0, 0.1) is 15.9 Å². The molecule has 8 nitrogen and oxygen atoms in total. The van der Waals surface area contributed by atoms with Crippen LogP contribution in [-0.4, -0.2) is 35.9 Å². The number of nitro benzene ring substituents is 1. The van der Waals surface area contributed by atoms with Gasteiger partial charge in [0.1, 0.15) is 5.82 Å². The van der Waals surface area contributed by atoms with E-state index in [4.69, 9.17) is 4.74 Å². The Balaban J connectivity index is 1.42. The van der Waals surface area contributed by atoms with Gasteiger partial charge in [-0.3, -0.25) is 19.7 Å². The van der Waals surface area contributed by atoms with Crippen molar-refractivity contribution < 1.29 is 23.6 Å². The lowest BCUT2D eigenvalue weighted by Crippen LogP contribution is -2.41. The molecule has 1 aliphatic heterocycles. The zero-order chi connectivity index (χ0) is 21.5. The Morgan fingerprint density at radius 1 is 1.13 bits per heavy atom. The Hall–Kier alpha value is -3.33. The number of ether oxygens (including phenoxy) is 1. The molecule has 0 radical (unpaired) electrons. The molecule has 0 unspecified atom stereocenters. The number of halogens is 1. The van der Waals surface area contributed by atoms with Gasteiger partial charge in [-0.25, -0.2) is 4.39 Å². The van der Waals surface area contributed by atoms with Crippen molar-refractivity contribution in [2.75, 3.05) is 13.2 Å². The highest BCUT2D eigenvalue weighted by Gasteiger charge is 2.25. The maximum Gasteiger partial charge on any atom is 0.269 e. The summed E-state index contributed by atoms with van der Waals surface area (Å²) >= 11 is 0. The van der Waals surface area contributed by atoms with Crippen LogP contribution < -0.4 is 10.6 Å². The molecule has 1 heterocycles. The normalized spacial score (nSPS) is 18.4. The Kier molecular flexibility index (Phi) is 7.08. The number of rotatable bonds is 7. The molecule has 2 atom stereocenters. The molecule has 2 aromatic rings. The van der Waals surface area contributed by atoms with Crippen LogP contribution in [0.2, 0.25) is 0 Å². The van der Waals surface area contributed by atoms with Crippen LogP contribution in [0.1, 0.15) is 41.3 Å². The SMILES string of the molecule is O=C(CCNC(=O)c1ccc([N+](=O)[O-])cc1)N[C@@H]1CCO[C@H](c2ccc(F)cc2)C1. The number of non-ortho nitro benzene ring substituents is 1. The van der Waals surface area contributed by atoms with Crippen molar-refractivity contribution in [2.45, 2.75) is 31.4 Å². The highest BCUT2D eigenvalue weighted by Crippen LogP contribution is 2.28. The van der Waals surface area contributed by atoms with Crippen LogP contribution in [0.3, 0.4) is 0 Å². The van der Waals surface area contributed by atoms with Crippen molar-refractivity contribution in [3.05, 3.63) is 75.6 Å². The topological polar surface area (TPSA) is 111 Å². The lowest BCUT2D eigenvalue weighted by atomic mass is 9.97. The van der Waals surface area contributed by atoms with Crippen molar-refractivity contribution in [3.8, 4) is 0 Å². The van der Waals surface area contributed by atoms with E-state index in [-0.39, 0.29) is 48.1 Å². The van der Waals surface area contributed by atoms with Gasteiger partial charge in [-0.1, -0.05) is 12.1 Å². The molecule has 0 aromatic heterocycles. The van der Waals surface area contributed by atoms with E-state index in [0.29, 0.717) is 19.4 Å². The number of nitro groups is 1. The predicted molar refractivity (Wildman–Crippen MR) is 106 cm³/mol. The number of benzene rings is 2. The van der Waals surface area contributed by atoms with Crippen LogP contribution >= 0.6 is 0 Å². The molecule has 2 aromatic carbocycles. The minimum Gasteiger partial charge on any atom is -0.373 e. The monoisotopic (exact) mass is 415 g/mol. The van der Waals surface area contributed by atoms with Gasteiger partial charge in [-0.05, 0) is 42.7 Å². The highest BCUT2D eigenvalue weighted by molar-refractivity contribution is 5.94. The molecule has 0 saturated carbocycles. The largest absolute Gasteiger partial charge is 0.373 e. The Morgan fingerprint density at radius 2 is 1.83 bits per heavy atom. The number of nitrogens with zero attached hydrogens (tertiary/aromatic N) is 1. The third-order valence-electron chi connectivity index (χ3n) is 4.87. The van der Waals surface area contributed by atoms with Crippen molar-refractivity contribution in [3.63, 3.8) is 0 Å². The Morgan fingerprint density at radius 3 is 2.50 bits per heavy atom. The lowest BCUT2D eigenvalue weighted by molar-refractivity contribution is -0.384. The molecule has 9 heteroatoms. The van der Waals surface area contributed by atoms with Crippen LogP contribution in [0.25, 0.3) is 0 Å². The van der Waals surface area contributed by atoms with E-state index in [0.717, 1.165) is 5.56 Å². The van der Waals surface area contributed by atoms with Gasteiger partial charge in [-0.2, -0.15) is 0 Å². The van der Waals surface area contributed by atoms with Gasteiger partial charge >= 0.3 is 0 Å². The average Bonchev–Trinajstić information content (AvgIpc) is 2.74. The summed E-state index contributed by atoms with van der Waals surface area (Å²) in [5, 5.41) is 16.2. The van der Waals surface area contributed by atoms with E-state index in [1.165, 1.54) is 36.4 Å². The number of hydrogen-bond donors (Lipinski definition) is 2. The number of hydrogen-bond acceptors (Lipinski definition) is 5. The summed E-state index contributed by atoms with van der Waals surface area (Å²) in [4.78, 5) is 34.4. The molecule has 2 N–H and O–H groups in total. The number of nitrogens with one attached hydrogen (secondary N) is 2. The number of carbonyl (C=O) groups excluding carboxylic acids is 2. The molecular weight excluding hydrogens is 393 g/mol. The molecule has 3 rings (SSSR count). The van der Waals surface area contributed by atoms with Gasteiger partial charge in [0.25, 0.3) is 11.6 Å². The first kappa shape index (κ1) is 21.4. The van der Waals surface area contributed by atoms with Crippen LogP contribution in [0.4, 0.5) is 10.1 Å². The summed E-state index contributed by atoms with van der Waals surface area (Å²) < 4.78 is 18.8. The highest BCUT2D eigenvalue weighted by atomic mass is 19.1. The predicted octanol–water partition coefficient (Wildman–Crippen LogP) is 2.89. The van der Waals surface area contributed by atoms with Crippen molar-refractivity contribution in [1.29, 1.82) is 0 Å². The molecule has 0 bridgehead atoms. The summed E-state index contributed by atoms with van der Waals surface area (Å²) in [6.45, 7) is 0.635. The first-order chi connectivity index (χ1) is 14.4. The molecule has 30 heavy (non-hydrogen) atoms. The van der Waals surface area contributed by atoms with Crippen LogP contribution in [0.15, 0.2) is 48.5 Å². The molecule has 2 amide bonds. The van der Waals surface area contributed by atoms with E-state index in [2.05, 4.69) is 10.6 Å². The van der Waals surface area contributed by atoms with Crippen molar-refractivity contribution >= 4 is 17.5 Å². The lowest BCUT2D eigenvalue weighted by Gasteiger charge is -2.30. The van der Waals surface area contributed by atoms with Crippen molar-refractivity contribution in [1.82, 2.24) is 10.6 Å². The minimum absolute atomic E-state index is 0.0633. The average molecular weight is 415 g/mol. The third-order valence-corrected chi connectivity index (χ3v) is 4.87. The second-order valence-electron chi connectivity index (χ2n) is 7.01. The summed E-state index contributed by atoms with van der Waals surface area (Å²) in [5.74, 6) is -0.904.